The van der Waals surface area contributed by atoms with Crippen LogP contribution < -0.4 is 10.9 Å². The summed E-state index contributed by atoms with van der Waals surface area (Å²) in [4.78, 5) is 33.7. The third-order valence-corrected chi connectivity index (χ3v) is 8.25. The molecule has 37 heavy (non-hydrogen) atoms. The Kier molecular flexibility index (Phi) is 6.00. The van der Waals surface area contributed by atoms with Gasteiger partial charge in [0, 0.05) is 43.5 Å². The van der Waals surface area contributed by atoms with Gasteiger partial charge in [-0.15, -0.1) is 0 Å². The predicted molar refractivity (Wildman–Crippen MR) is 137 cm³/mol. The van der Waals surface area contributed by atoms with Crippen LogP contribution in [-0.4, -0.2) is 63.9 Å². The fourth-order valence-corrected chi connectivity index (χ4v) is 5.78. The zero-order valence-corrected chi connectivity index (χ0v) is 20.9. The number of nitrogens with zero attached hydrogens (tertiary/aromatic N) is 3. The van der Waals surface area contributed by atoms with Crippen LogP contribution in [0, 0.1) is 11.2 Å². The van der Waals surface area contributed by atoms with Crippen LogP contribution in [0.2, 0.25) is 0 Å². The molecule has 3 aromatic rings. The normalized spacial score (nSPS) is 21.2. The molecule has 2 N–H and O–H groups in total. The van der Waals surface area contributed by atoms with E-state index >= 15 is 0 Å². The predicted octanol–water partition coefficient (Wildman–Crippen LogP) is 3.30. The molecule has 1 spiro atoms. The smallest absolute Gasteiger partial charge is 0.268 e. The van der Waals surface area contributed by atoms with Gasteiger partial charge in [-0.3, -0.25) is 19.1 Å². The monoisotopic (exact) mass is 506 g/mol. The molecule has 1 atom stereocenters. The second-order valence-corrected chi connectivity index (χ2v) is 10.8. The average molecular weight is 507 g/mol. The summed E-state index contributed by atoms with van der Waals surface area (Å²) in [7, 11) is 0. The van der Waals surface area contributed by atoms with Crippen molar-refractivity contribution in [3.8, 4) is 16.9 Å². The molecule has 2 aliphatic carbocycles. The van der Waals surface area contributed by atoms with Crippen LogP contribution in [-0.2, 0) is 11.3 Å². The molecular formula is C28H31FN4O4. The van der Waals surface area contributed by atoms with E-state index in [2.05, 4.69) is 22.1 Å². The number of hydrogen-bond acceptors (Lipinski definition) is 6. The van der Waals surface area contributed by atoms with E-state index in [-0.39, 0.29) is 29.2 Å². The molecule has 2 saturated carbocycles. The summed E-state index contributed by atoms with van der Waals surface area (Å²) in [6, 6.07) is 7.91. The zero-order valence-electron chi connectivity index (χ0n) is 20.9. The third-order valence-electron chi connectivity index (χ3n) is 8.25. The van der Waals surface area contributed by atoms with E-state index < -0.39 is 11.5 Å². The number of ether oxygens (including phenoxy) is 1. The van der Waals surface area contributed by atoms with Gasteiger partial charge < -0.3 is 15.2 Å². The van der Waals surface area contributed by atoms with E-state index in [1.807, 2.05) is 0 Å². The summed E-state index contributed by atoms with van der Waals surface area (Å²) in [5.41, 5.74) is 1.27. The lowest BCUT2D eigenvalue weighted by Crippen LogP contribution is -2.47. The molecule has 1 aliphatic heterocycles. The fraction of sp³-hybridized carbons (Fsp3) is 0.464. The molecule has 194 valence electrons. The number of nitrogens with one attached hydrogen (secondary N) is 1. The van der Waals surface area contributed by atoms with Crippen LogP contribution in [0.3, 0.4) is 0 Å². The molecule has 3 fully saturated rings. The van der Waals surface area contributed by atoms with Gasteiger partial charge in [-0.25, -0.2) is 9.37 Å². The van der Waals surface area contributed by atoms with Crippen molar-refractivity contribution in [2.75, 3.05) is 26.3 Å². The van der Waals surface area contributed by atoms with Crippen LogP contribution in [0.5, 0.6) is 5.75 Å². The van der Waals surface area contributed by atoms with Crippen molar-refractivity contribution < 1.29 is 19.0 Å². The SMILES string of the molecule is C[C@H]1COCCN1CCn1c(=O)c(C(=O)NC2CC3(CC3)C2)c(O)c2cc(-c3ccc(F)cc3)cnc21. The summed E-state index contributed by atoms with van der Waals surface area (Å²) in [5.74, 6) is -1.27. The second-order valence-electron chi connectivity index (χ2n) is 10.8. The molecule has 0 unspecified atom stereocenters. The standard InChI is InChI=1S/C28H31FN4O4/c1-17-16-37-11-10-32(17)8-9-33-25-22(12-19(15-30-25)18-2-4-20(29)5-3-18)24(34)23(27(33)36)26(35)31-21-13-28(14-21)6-7-28/h2-5,12,15,17,21,34H,6-11,13-14,16H2,1H3,(H,31,35)/t17-/m0/s1. The molecule has 8 nitrogen and oxygen atoms in total. The van der Waals surface area contributed by atoms with E-state index in [9.17, 15) is 19.1 Å². The van der Waals surface area contributed by atoms with Crippen molar-refractivity contribution in [3.05, 3.63) is 58.3 Å². The Morgan fingerprint density at radius 1 is 1.22 bits per heavy atom. The lowest BCUT2D eigenvalue weighted by molar-refractivity contribution is -0.00163. The number of hydrogen-bond donors (Lipinski definition) is 2. The molecule has 0 radical (unpaired) electrons. The molecule has 3 heterocycles. The van der Waals surface area contributed by atoms with E-state index in [0.717, 1.165) is 19.4 Å². The number of aromatic hydroxyl groups is 1. The van der Waals surface area contributed by atoms with E-state index in [1.165, 1.54) is 29.5 Å². The minimum atomic E-state index is -0.550. The lowest BCUT2D eigenvalue weighted by Gasteiger charge is -2.36. The maximum Gasteiger partial charge on any atom is 0.268 e. The highest BCUT2D eigenvalue weighted by atomic mass is 19.1. The van der Waals surface area contributed by atoms with Crippen molar-refractivity contribution in [1.29, 1.82) is 0 Å². The Labute approximate surface area is 214 Å². The number of benzene rings is 1. The van der Waals surface area contributed by atoms with Crippen molar-refractivity contribution in [3.63, 3.8) is 0 Å². The molecule has 3 aliphatic rings. The molecule has 0 bridgehead atoms. The van der Waals surface area contributed by atoms with Crippen molar-refractivity contribution in [2.24, 2.45) is 5.41 Å². The number of amides is 1. The molecule has 6 rings (SSSR count). The van der Waals surface area contributed by atoms with Gasteiger partial charge in [-0.2, -0.15) is 0 Å². The second kappa shape index (κ2) is 9.22. The lowest BCUT2D eigenvalue weighted by atomic mass is 9.77. The van der Waals surface area contributed by atoms with E-state index in [0.29, 0.717) is 53.9 Å². The summed E-state index contributed by atoms with van der Waals surface area (Å²) in [6.07, 6.45) is 5.85. The van der Waals surface area contributed by atoms with E-state index in [1.54, 1.807) is 24.4 Å². The number of morpholine rings is 1. The third kappa shape index (κ3) is 4.51. The first-order valence-electron chi connectivity index (χ1n) is 13.0. The fourth-order valence-electron chi connectivity index (χ4n) is 5.78. The number of carbonyl (C=O) groups is 1. The number of fused-ring (bicyclic) bond motifs is 1. The van der Waals surface area contributed by atoms with Crippen LogP contribution in [0.15, 0.2) is 41.3 Å². The molecule has 9 heteroatoms. The zero-order chi connectivity index (χ0) is 25.7. The van der Waals surface area contributed by atoms with Crippen LogP contribution in [0.1, 0.15) is 43.0 Å². The first-order chi connectivity index (χ1) is 17.8. The van der Waals surface area contributed by atoms with Gasteiger partial charge in [0.25, 0.3) is 11.5 Å². The Morgan fingerprint density at radius 2 is 1.97 bits per heavy atom. The quantitative estimate of drug-likeness (QED) is 0.533. The minimum Gasteiger partial charge on any atom is -0.506 e. The van der Waals surface area contributed by atoms with Crippen molar-refractivity contribution in [2.45, 2.75) is 51.2 Å². The average Bonchev–Trinajstić information content (AvgIpc) is 3.66. The number of pyridine rings is 2. The maximum absolute atomic E-state index is 13.6. The topological polar surface area (TPSA) is 96.7 Å². The van der Waals surface area contributed by atoms with Gasteiger partial charge in [0.05, 0.1) is 18.6 Å². The summed E-state index contributed by atoms with van der Waals surface area (Å²) < 4.78 is 20.5. The van der Waals surface area contributed by atoms with Gasteiger partial charge in [0.15, 0.2) is 0 Å². The number of aromatic nitrogens is 2. The highest BCUT2D eigenvalue weighted by molar-refractivity contribution is 6.02. The van der Waals surface area contributed by atoms with Gasteiger partial charge in [0.1, 0.15) is 22.8 Å². The van der Waals surface area contributed by atoms with Gasteiger partial charge in [-0.05, 0) is 61.8 Å². The van der Waals surface area contributed by atoms with Crippen molar-refractivity contribution in [1.82, 2.24) is 19.8 Å². The van der Waals surface area contributed by atoms with Crippen LogP contribution in [0.25, 0.3) is 22.2 Å². The minimum absolute atomic E-state index is 0.0239. The highest BCUT2D eigenvalue weighted by Crippen LogP contribution is 2.60. The maximum atomic E-state index is 13.6. The number of carbonyl (C=O) groups excluding carboxylic acids is 1. The van der Waals surface area contributed by atoms with Crippen molar-refractivity contribution >= 4 is 16.9 Å². The summed E-state index contributed by atoms with van der Waals surface area (Å²) in [5, 5.41) is 14.5. The van der Waals surface area contributed by atoms with Gasteiger partial charge in [0.2, 0.25) is 0 Å². The van der Waals surface area contributed by atoms with Gasteiger partial charge in [-0.1, -0.05) is 12.1 Å². The van der Waals surface area contributed by atoms with Crippen LogP contribution in [0.4, 0.5) is 4.39 Å². The molecule has 1 amide bonds. The summed E-state index contributed by atoms with van der Waals surface area (Å²) >= 11 is 0. The Hall–Kier alpha value is -3.30. The Balaban J connectivity index is 1.39. The van der Waals surface area contributed by atoms with E-state index in [4.69, 9.17) is 4.74 Å². The van der Waals surface area contributed by atoms with Crippen LogP contribution >= 0.6 is 0 Å². The first kappa shape index (κ1) is 24.1. The molecule has 1 saturated heterocycles. The molecular weight excluding hydrogens is 475 g/mol. The number of halogens is 1. The molecule has 1 aromatic carbocycles. The Bertz CT molecular complexity index is 1410. The Morgan fingerprint density at radius 3 is 2.68 bits per heavy atom. The summed E-state index contributed by atoms with van der Waals surface area (Å²) in [6.45, 7) is 4.99. The highest BCUT2D eigenvalue weighted by Gasteiger charge is 2.53. The first-order valence-corrected chi connectivity index (χ1v) is 13.0. The largest absolute Gasteiger partial charge is 0.506 e. The number of rotatable bonds is 6. The van der Waals surface area contributed by atoms with Gasteiger partial charge >= 0.3 is 0 Å². The molecule has 2 aromatic heterocycles.